The van der Waals surface area contributed by atoms with Crippen LogP contribution in [0.1, 0.15) is 1.43 Å². The van der Waals surface area contributed by atoms with E-state index < -0.39 is 7.82 Å². The molecular formula is C8H25N2O4P. The van der Waals surface area contributed by atoms with Gasteiger partial charge in [-0.2, -0.15) is 7.82 Å². The van der Waals surface area contributed by atoms with Gasteiger partial charge in [-0.25, -0.2) is 0 Å². The van der Waals surface area contributed by atoms with E-state index in [4.69, 9.17) is 19.2 Å². The lowest BCUT2D eigenvalue weighted by molar-refractivity contribution is -0.849. The molecule has 0 aliphatic rings. The van der Waals surface area contributed by atoms with Gasteiger partial charge in [0.25, 0.3) is 0 Å². The summed E-state index contributed by atoms with van der Waals surface area (Å²) in [4.78, 5) is 25.6. The van der Waals surface area contributed by atoms with Crippen molar-refractivity contribution in [3.63, 3.8) is 0 Å². The molecule has 0 radical (unpaired) electrons. The molecule has 0 saturated heterocycles. The minimum absolute atomic E-state index is 0. The molecule has 0 aromatic heterocycles. The predicted molar refractivity (Wildman–Crippen MR) is 56.6 cm³/mol. The van der Waals surface area contributed by atoms with E-state index in [9.17, 15) is 0 Å². The molecule has 0 aliphatic heterocycles. The van der Waals surface area contributed by atoms with Crippen LogP contribution in [0.3, 0.4) is 0 Å². The zero-order chi connectivity index (χ0) is 13.5. The molecule has 0 rings (SSSR count). The highest BCUT2D eigenvalue weighted by atomic mass is 31.2. The van der Waals surface area contributed by atoms with Crippen LogP contribution in [0, 0.1) is 0 Å². The van der Waals surface area contributed by atoms with Crippen LogP contribution < -0.4 is 14.7 Å². The van der Waals surface area contributed by atoms with Crippen LogP contribution in [0.5, 0.6) is 0 Å². The van der Waals surface area contributed by atoms with Crippen LogP contribution in [0.15, 0.2) is 0 Å². The number of phosphoric acid groups is 1. The van der Waals surface area contributed by atoms with Crippen molar-refractivity contribution in [3.05, 3.63) is 0 Å². The number of quaternary nitrogens is 2. The highest BCUT2D eigenvalue weighted by Crippen LogP contribution is 2.03. The SMILES string of the molecule is C[N+](C)(C)C.C[N+](C)(C)C.O=P([O-])([O-])[O-].[H+]. The quantitative estimate of drug-likeness (QED) is 0.362. The third kappa shape index (κ3) is 2260000. The fourth-order valence-corrected chi connectivity index (χ4v) is 0. The number of hydrogen-bond acceptors (Lipinski definition) is 4. The molecule has 0 N–H and O–H groups in total. The first-order valence-electron chi connectivity index (χ1n) is 4.31. The Balaban J connectivity index is -0.0000000655. The molecule has 0 unspecified atom stereocenters. The molecule has 0 atom stereocenters. The summed E-state index contributed by atoms with van der Waals surface area (Å²) < 4.78 is 10.5. The molecule has 0 fully saturated rings. The third-order valence-electron chi connectivity index (χ3n) is 0. The summed E-state index contributed by atoms with van der Waals surface area (Å²) >= 11 is 0. The Bertz CT molecular complexity index is 163. The van der Waals surface area contributed by atoms with Crippen molar-refractivity contribution in [1.82, 2.24) is 0 Å². The summed E-state index contributed by atoms with van der Waals surface area (Å²) in [5, 5.41) is 0. The van der Waals surface area contributed by atoms with Crippen molar-refractivity contribution in [2.24, 2.45) is 0 Å². The zero-order valence-electron chi connectivity index (χ0n) is 12.0. The summed E-state index contributed by atoms with van der Waals surface area (Å²) in [5.41, 5.74) is 0. The molecule has 0 aromatic carbocycles. The lowest BCUT2D eigenvalue weighted by Gasteiger charge is -2.36. The first-order chi connectivity index (χ1) is 6.00. The summed E-state index contributed by atoms with van der Waals surface area (Å²) in [6.07, 6.45) is 0. The van der Waals surface area contributed by atoms with Crippen molar-refractivity contribution in [2.45, 2.75) is 0 Å². The molecule has 0 bridgehead atoms. The molecule has 96 valence electrons. The van der Waals surface area contributed by atoms with E-state index in [-0.39, 0.29) is 1.43 Å². The van der Waals surface area contributed by atoms with E-state index in [0.717, 1.165) is 8.97 Å². The van der Waals surface area contributed by atoms with E-state index >= 15 is 0 Å². The molecule has 0 aromatic rings. The van der Waals surface area contributed by atoms with E-state index in [1.807, 2.05) is 0 Å². The molecule has 0 aliphatic carbocycles. The third-order valence-corrected chi connectivity index (χ3v) is 0. The van der Waals surface area contributed by atoms with Gasteiger partial charge in [0.2, 0.25) is 0 Å². The Morgan fingerprint density at radius 2 is 0.733 bits per heavy atom. The van der Waals surface area contributed by atoms with Gasteiger partial charge in [-0.15, -0.1) is 0 Å². The Hall–Kier alpha value is 0.0300. The smallest absolute Gasteiger partial charge is 0.822 e. The minimum atomic E-state index is -5.39. The summed E-state index contributed by atoms with van der Waals surface area (Å²) in [5.74, 6) is 0. The number of nitrogens with zero attached hydrogens (tertiary/aromatic N) is 2. The van der Waals surface area contributed by atoms with Crippen molar-refractivity contribution in [2.75, 3.05) is 56.4 Å². The Kier molecular flexibility index (Phi) is 9.99. The molecule has 0 saturated carbocycles. The Labute approximate surface area is 94.7 Å². The van der Waals surface area contributed by atoms with Crippen molar-refractivity contribution < 1.29 is 29.6 Å². The zero-order valence-corrected chi connectivity index (χ0v) is 11.9. The molecule has 0 heterocycles. The second kappa shape index (κ2) is 7.33. The van der Waals surface area contributed by atoms with E-state index in [2.05, 4.69) is 56.4 Å². The highest BCUT2D eigenvalue weighted by molar-refractivity contribution is 7.40. The number of hydrogen-bond donors (Lipinski definition) is 0. The number of rotatable bonds is 0. The van der Waals surface area contributed by atoms with E-state index in [0.29, 0.717) is 0 Å². The molecule has 0 spiro atoms. The Morgan fingerprint density at radius 1 is 0.733 bits per heavy atom. The van der Waals surface area contributed by atoms with E-state index in [1.165, 1.54) is 0 Å². The predicted octanol–water partition coefficient (Wildman–Crippen LogP) is -2.07. The minimum Gasteiger partial charge on any atom is -0.822 e. The highest BCUT2D eigenvalue weighted by Gasteiger charge is 1.88. The van der Waals surface area contributed by atoms with Gasteiger partial charge in [-0.1, -0.05) is 0 Å². The standard InChI is InChI=1S/2C4H12N.H3O4P/c3*1-5(2,3)4/h2*1-4H3;(H3,1,2,3,4)/q2*+1;/p-2. The molecule has 6 nitrogen and oxygen atoms in total. The van der Waals surface area contributed by atoms with Gasteiger partial charge in [0.05, 0.1) is 56.4 Å². The Morgan fingerprint density at radius 3 is 0.733 bits per heavy atom. The maximum atomic E-state index is 8.55. The van der Waals surface area contributed by atoms with Crippen LogP contribution in [-0.2, 0) is 4.57 Å². The lowest BCUT2D eigenvalue weighted by Crippen LogP contribution is -2.27. The monoisotopic (exact) mass is 244 g/mol. The summed E-state index contributed by atoms with van der Waals surface area (Å²) in [6.45, 7) is 0. The van der Waals surface area contributed by atoms with Gasteiger partial charge < -0.3 is 28.2 Å². The van der Waals surface area contributed by atoms with Crippen LogP contribution in [-0.4, -0.2) is 65.3 Å². The van der Waals surface area contributed by atoms with Crippen LogP contribution in [0.4, 0.5) is 0 Å². The molecule has 15 heavy (non-hydrogen) atoms. The van der Waals surface area contributed by atoms with Gasteiger partial charge in [0.1, 0.15) is 0 Å². The molecule has 7 heteroatoms. The molecule has 0 amide bonds. The lowest BCUT2D eigenvalue weighted by atomic mass is 10.8. The molecular weight excluding hydrogens is 219 g/mol. The van der Waals surface area contributed by atoms with Gasteiger partial charge in [0.15, 0.2) is 0 Å². The van der Waals surface area contributed by atoms with Crippen LogP contribution in [0.2, 0.25) is 0 Å². The average molecular weight is 244 g/mol. The maximum Gasteiger partial charge on any atom is 1.00 e. The normalized spacial score (nSPS) is 11.9. The van der Waals surface area contributed by atoms with Gasteiger partial charge in [-0.05, 0) is 0 Å². The van der Waals surface area contributed by atoms with E-state index in [1.54, 1.807) is 0 Å². The van der Waals surface area contributed by atoms with Gasteiger partial charge in [-0.3, -0.25) is 0 Å². The first kappa shape index (κ1) is 20.4. The fourth-order valence-electron chi connectivity index (χ4n) is 0. The second-order valence-electron chi connectivity index (χ2n) is 5.81. The fraction of sp³-hybridized carbons (Fsp3) is 1.00. The first-order valence-corrected chi connectivity index (χ1v) is 5.77. The van der Waals surface area contributed by atoms with Crippen molar-refractivity contribution in [1.29, 1.82) is 0 Å². The summed E-state index contributed by atoms with van der Waals surface area (Å²) in [6, 6.07) is 0. The largest absolute Gasteiger partial charge is 1.00 e. The van der Waals surface area contributed by atoms with Gasteiger partial charge >= 0.3 is 1.43 Å². The maximum absolute atomic E-state index is 8.55. The topological polar surface area (TPSA) is 86.2 Å². The average Bonchev–Trinajstić information content (AvgIpc) is 1.41. The van der Waals surface area contributed by atoms with Crippen LogP contribution in [0.25, 0.3) is 0 Å². The van der Waals surface area contributed by atoms with Crippen molar-refractivity contribution >= 4 is 7.82 Å². The van der Waals surface area contributed by atoms with Crippen molar-refractivity contribution in [3.8, 4) is 0 Å². The summed E-state index contributed by atoms with van der Waals surface area (Å²) in [7, 11) is 11.6. The van der Waals surface area contributed by atoms with Gasteiger partial charge in [0, 0.05) is 0 Å². The van der Waals surface area contributed by atoms with Crippen LogP contribution >= 0.6 is 7.82 Å². The second-order valence-corrected chi connectivity index (χ2v) is 6.71.